The van der Waals surface area contributed by atoms with Crippen LogP contribution in [0.15, 0.2) is 18.2 Å². The Balaban J connectivity index is 0.00000261. The van der Waals surface area contributed by atoms with Crippen LogP contribution in [0.1, 0.15) is 32.1 Å². The first kappa shape index (κ1) is 22.4. The number of primary amides is 1. The first-order valence-corrected chi connectivity index (χ1v) is 10.3. The van der Waals surface area contributed by atoms with E-state index in [2.05, 4.69) is 15.1 Å². The average Bonchev–Trinajstić information content (AvgIpc) is 2.63. The number of piperazine rings is 1. The first-order chi connectivity index (χ1) is 12.5. The molecule has 1 aromatic carbocycles. The number of amides is 2. The Labute approximate surface area is 177 Å². The van der Waals surface area contributed by atoms with E-state index in [0.29, 0.717) is 10.0 Å². The van der Waals surface area contributed by atoms with Crippen molar-refractivity contribution in [3.63, 3.8) is 0 Å². The second-order valence-electron chi connectivity index (χ2n) is 7.42. The van der Waals surface area contributed by atoms with Crippen molar-refractivity contribution in [2.24, 2.45) is 11.7 Å². The number of carbonyl (C=O) groups excluding carboxylic acids is 1. The fourth-order valence-electron chi connectivity index (χ4n) is 4.11. The Bertz CT molecular complexity index is 615. The van der Waals surface area contributed by atoms with Crippen LogP contribution in [0.2, 0.25) is 10.0 Å². The third kappa shape index (κ3) is 6.31. The molecule has 0 bridgehead atoms. The normalized spacial score (nSPS) is 23.6. The Morgan fingerprint density at radius 2 is 1.78 bits per heavy atom. The molecule has 1 saturated heterocycles. The van der Waals surface area contributed by atoms with E-state index in [1.54, 1.807) is 0 Å². The van der Waals surface area contributed by atoms with E-state index >= 15 is 0 Å². The molecule has 5 nitrogen and oxygen atoms in total. The molecule has 2 fully saturated rings. The summed E-state index contributed by atoms with van der Waals surface area (Å²) in [6.07, 6.45) is 5.70. The van der Waals surface area contributed by atoms with Crippen molar-refractivity contribution in [3.8, 4) is 0 Å². The number of carbonyl (C=O) groups is 1. The highest BCUT2D eigenvalue weighted by Crippen LogP contribution is 2.33. The van der Waals surface area contributed by atoms with Crippen molar-refractivity contribution in [3.05, 3.63) is 28.2 Å². The molecular formula is C19H29Cl3N4O. The van der Waals surface area contributed by atoms with Crippen LogP contribution in [0.5, 0.6) is 0 Å². The average molecular weight is 436 g/mol. The van der Waals surface area contributed by atoms with Gasteiger partial charge in [-0.05, 0) is 56.7 Å². The van der Waals surface area contributed by atoms with Gasteiger partial charge in [0, 0.05) is 32.2 Å². The molecule has 0 radical (unpaired) electrons. The van der Waals surface area contributed by atoms with Crippen molar-refractivity contribution < 1.29 is 4.79 Å². The maximum atomic E-state index is 10.9. The second-order valence-corrected chi connectivity index (χ2v) is 8.20. The molecule has 0 aromatic heterocycles. The maximum Gasteiger partial charge on any atom is 0.312 e. The lowest BCUT2D eigenvalue weighted by atomic mass is 9.84. The van der Waals surface area contributed by atoms with E-state index in [1.807, 2.05) is 18.2 Å². The molecule has 3 rings (SSSR count). The zero-order valence-corrected chi connectivity index (χ0v) is 17.8. The molecule has 1 saturated carbocycles. The minimum absolute atomic E-state index is 0. The van der Waals surface area contributed by atoms with Crippen LogP contribution < -0.4 is 16.0 Å². The monoisotopic (exact) mass is 434 g/mol. The molecule has 152 valence electrons. The van der Waals surface area contributed by atoms with Gasteiger partial charge < -0.3 is 16.0 Å². The number of urea groups is 1. The molecule has 0 unspecified atom stereocenters. The molecule has 1 heterocycles. The number of nitrogens with two attached hydrogens (primary N) is 1. The van der Waals surface area contributed by atoms with E-state index in [1.165, 1.54) is 19.3 Å². The van der Waals surface area contributed by atoms with Gasteiger partial charge in [0.05, 0.1) is 15.7 Å². The van der Waals surface area contributed by atoms with E-state index in [9.17, 15) is 4.79 Å². The summed E-state index contributed by atoms with van der Waals surface area (Å²) in [6.45, 7) is 5.23. The molecule has 2 aliphatic rings. The summed E-state index contributed by atoms with van der Waals surface area (Å²) < 4.78 is 0. The second kappa shape index (κ2) is 10.6. The van der Waals surface area contributed by atoms with Crippen LogP contribution in [-0.4, -0.2) is 49.7 Å². The molecule has 0 atom stereocenters. The minimum Gasteiger partial charge on any atom is -0.368 e. The van der Waals surface area contributed by atoms with Crippen LogP contribution in [0.4, 0.5) is 10.5 Å². The van der Waals surface area contributed by atoms with Crippen molar-refractivity contribution in [2.75, 3.05) is 37.6 Å². The van der Waals surface area contributed by atoms with E-state index in [0.717, 1.165) is 57.2 Å². The highest BCUT2D eigenvalue weighted by atomic mass is 35.5. The van der Waals surface area contributed by atoms with E-state index < -0.39 is 6.03 Å². The predicted octanol–water partition coefficient (Wildman–Crippen LogP) is 4.15. The molecule has 3 N–H and O–H groups in total. The largest absolute Gasteiger partial charge is 0.368 e. The van der Waals surface area contributed by atoms with Gasteiger partial charge in [-0.15, -0.1) is 12.4 Å². The molecule has 1 aliphatic carbocycles. The van der Waals surface area contributed by atoms with Crippen LogP contribution >= 0.6 is 35.6 Å². The van der Waals surface area contributed by atoms with Gasteiger partial charge >= 0.3 is 6.03 Å². The van der Waals surface area contributed by atoms with Gasteiger partial charge in [-0.2, -0.15) is 0 Å². The van der Waals surface area contributed by atoms with Crippen molar-refractivity contribution in [1.29, 1.82) is 0 Å². The lowest BCUT2D eigenvalue weighted by molar-refractivity contribution is 0.207. The minimum atomic E-state index is -0.397. The van der Waals surface area contributed by atoms with Crippen molar-refractivity contribution in [2.45, 2.75) is 38.1 Å². The number of hydrogen-bond donors (Lipinski definition) is 2. The Morgan fingerprint density at radius 1 is 1.11 bits per heavy atom. The summed E-state index contributed by atoms with van der Waals surface area (Å²) in [4.78, 5) is 15.8. The molecule has 2 amide bonds. The smallest absolute Gasteiger partial charge is 0.312 e. The topological polar surface area (TPSA) is 61.6 Å². The SMILES string of the molecule is Cl.NC(=O)NC1CCC(CCN2CCN(c3cccc(Cl)c3Cl)CC2)CC1. The summed E-state index contributed by atoms with van der Waals surface area (Å²) in [5.74, 6) is 0.765. The summed E-state index contributed by atoms with van der Waals surface area (Å²) in [7, 11) is 0. The zero-order chi connectivity index (χ0) is 18.5. The number of hydrogen-bond acceptors (Lipinski definition) is 3. The molecular weight excluding hydrogens is 407 g/mol. The fraction of sp³-hybridized carbons (Fsp3) is 0.632. The molecule has 1 aliphatic heterocycles. The summed E-state index contributed by atoms with van der Waals surface area (Å²) in [5, 5.41) is 4.11. The number of nitrogens with zero attached hydrogens (tertiary/aromatic N) is 2. The Morgan fingerprint density at radius 3 is 2.41 bits per heavy atom. The van der Waals surface area contributed by atoms with E-state index in [-0.39, 0.29) is 18.4 Å². The number of nitrogens with one attached hydrogen (secondary N) is 1. The lowest BCUT2D eigenvalue weighted by Gasteiger charge is -2.37. The number of benzene rings is 1. The lowest BCUT2D eigenvalue weighted by Crippen LogP contribution is -2.47. The Kier molecular flexibility index (Phi) is 8.80. The van der Waals surface area contributed by atoms with Gasteiger partial charge in [0.25, 0.3) is 0 Å². The summed E-state index contributed by atoms with van der Waals surface area (Å²) in [5.41, 5.74) is 6.25. The summed E-state index contributed by atoms with van der Waals surface area (Å²) >= 11 is 12.5. The number of rotatable bonds is 5. The van der Waals surface area contributed by atoms with Crippen molar-refractivity contribution in [1.82, 2.24) is 10.2 Å². The van der Waals surface area contributed by atoms with Crippen LogP contribution in [0.25, 0.3) is 0 Å². The fourth-order valence-corrected chi connectivity index (χ4v) is 4.53. The first-order valence-electron chi connectivity index (χ1n) is 9.50. The van der Waals surface area contributed by atoms with Gasteiger partial charge in [0.2, 0.25) is 0 Å². The maximum absolute atomic E-state index is 10.9. The van der Waals surface area contributed by atoms with Crippen LogP contribution in [0.3, 0.4) is 0 Å². The predicted molar refractivity (Wildman–Crippen MR) is 115 cm³/mol. The molecule has 1 aromatic rings. The van der Waals surface area contributed by atoms with Gasteiger partial charge in [-0.25, -0.2) is 4.79 Å². The van der Waals surface area contributed by atoms with Gasteiger partial charge in [-0.3, -0.25) is 4.90 Å². The highest BCUT2D eigenvalue weighted by Gasteiger charge is 2.24. The zero-order valence-electron chi connectivity index (χ0n) is 15.5. The number of halogens is 3. The van der Waals surface area contributed by atoms with Gasteiger partial charge in [-0.1, -0.05) is 29.3 Å². The molecule has 27 heavy (non-hydrogen) atoms. The highest BCUT2D eigenvalue weighted by molar-refractivity contribution is 6.43. The van der Waals surface area contributed by atoms with E-state index in [4.69, 9.17) is 28.9 Å². The van der Waals surface area contributed by atoms with Gasteiger partial charge in [0.1, 0.15) is 0 Å². The number of anilines is 1. The Hall–Kier alpha value is -0.880. The third-order valence-electron chi connectivity index (χ3n) is 5.69. The van der Waals surface area contributed by atoms with Crippen LogP contribution in [0, 0.1) is 5.92 Å². The molecule has 8 heteroatoms. The standard InChI is InChI=1S/C19H28Cl2N4O.ClH/c20-16-2-1-3-17(18(16)21)25-12-10-24(11-13-25)9-8-14-4-6-15(7-5-14)23-19(22)26;/h1-3,14-15H,4-13H2,(H3,22,23,26);1H. The quantitative estimate of drug-likeness (QED) is 0.730. The van der Waals surface area contributed by atoms with Crippen molar-refractivity contribution >= 4 is 47.3 Å². The van der Waals surface area contributed by atoms with Crippen LogP contribution in [-0.2, 0) is 0 Å². The summed E-state index contributed by atoms with van der Waals surface area (Å²) in [6, 6.07) is 5.71. The van der Waals surface area contributed by atoms with Gasteiger partial charge in [0.15, 0.2) is 0 Å². The third-order valence-corrected chi connectivity index (χ3v) is 6.50. The molecule has 0 spiro atoms.